The number of aliphatic hydroxyl groups is 1. The van der Waals surface area contributed by atoms with Crippen LogP contribution < -0.4 is 15.0 Å². The number of hydrogen-bond acceptors (Lipinski definition) is 4. The first-order valence-electron chi connectivity index (χ1n) is 13.9. The van der Waals surface area contributed by atoms with Crippen LogP contribution in [0.2, 0.25) is 5.02 Å². The first kappa shape index (κ1) is 30.4. The molecule has 0 saturated heterocycles. The van der Waals surface area contributed by atoms with Crippen LogP contribution in [0.15, 0.2) is 97.1 Å². The van der Waals surface area contributed by atoms with Gasteiger partial charge in [0.1, 0.15) is 5.75 Å². The van der Waals surface area contributed by atoms with E-state index in [2.05, 4.69) is 28.4 Å². The number of rotatable bonds is 10. The number of nitrogens with zero attached hydrogens (tertiary/aromatic N) is 1. The Bertz CT molecular complexity index is 1420. The third kappa shape index (κ3) is 8.26. The Hall–Kier alpha value is -3.51. The predicted molar refractivity (Wildman–Crippen MR) is 169 cm³/mol. The zero-order valence-corrected chi connectivity index (χ0v) is 24.5. The monoisotopic (exact) mass is 590 g/mol. The summed E-state index contributed by atoms with van der Waals surface area (Å²) in [7, 11) is 0. The number of ether oxygens (including phenoxy) is 1. The molecule has 1 amide bonds. The van der Waals surface area contributed by atoms with E-state index in [-0.39, 0.29) is 24.9 Å². The summed E-state index contributed by atoms with van der Waals surface area (Å²) in [5.74, 6) is 0.429. The Kier molecular flexibility index (Phi) is 11.1. The van der Waals surface area contributed by atoms with Crippen molar-refractivity contribution in [2.75, 3.05) is 23.4 Å². The van der Waals surface area contributed by atoms with Crippen LogP contribution in [0.25, 0.3) is 0 Å². The van der Waals surface area contributed by atoms with E-state index in [0.29, 0.717) is 23.9 Å². The van der Waals surface area contributed by atoms with Gasteiger partial charge in [-0.05, 0) is 78.3 Å². The standard InChI is InChI=1S/C34H35ClN2O3.ClH/c35-28-15-10-14-27(21-28)31(38)23-37(22-25-11-4-1-5-12-25)34-30-18-9-2-6-13-26(30)19-20-32(34)40-24-33(39)36-29-16-7-3-8-17-29;/h1,3-5,7-8,10-12,14-17,19-21,31,38H,2,6,9,13,18,22-24H2,(H,36,39);1H/t31-;/m0./s1. The minimum absolute atomic E-state index is 0. The number of halogens is 2. The van der Waals surface area contributed by atoms with E-state index in [4.69, 9.17) is 16.3 Å². The molecule has 214 valence electrons. The van der Waals surface area contributed by atoms with E-state index in [1.165, 1.54) is 17.5 Å². The van der Waals surface area contributed by atoms with Crippen LogP contribution in [-0.2, 0) is 24.2 Å². The SMILES string of the molecule is Cl.O=C(COc1ccc2c(c1N(Cc1ccccc1)C[C@H](O)c1cccc(Cl)c1)CCCCC2)Nc1ccccc1. The number of aliphatic hydroxyl groups excluding tert-OH is 1. The fourth-order valence-corrected chi connectivity index (χ4v) is 5.55. The van der Waals surface area contributed by atoms with E-state index < -0.39 is 6.10 Å². The molecule has 0 bridgehead atoms. The van der Waals surface area contributed by atoms with Gasteiger partial charge in [-0.3, -0.25) is 4.79 Å². The van der Waals surface area contributed by atoms with Crippen molar-refractivity contribution in [2.24, 2.45) is 0 Å². The van der Waals surface area contributed by atoms with Crippen molar-refractivity contribution in [3.8, 4) is 5.75 Å². The Balaban J connectivity index is 0.00000387. The summed E-state index contributed by atoms with van der Waals surface area (Å²) in [6, 6.07) is 31.1. The first-order chi connectivity index (χ1) is 19.6. The summed E-state index contributed by atoms with van der Waals surface area (Å²) in [6.07, 6.45) is 4.58. The number of benzene rings is 4. The maximum Gasteiger partial charge on any atom is 0.262 e. The summed E-state index contributed by atoms with van der Waals surface area (Å²) in [5, 5.41) is 14.9. The van der Waals surface area contributed by atoms with Crippen molar-refractivity contribution in [3.63, 3.8) is 0 Å². The smallest absolute Gasteiger partial charge is 0.262 e. The molecule has 0 heterocycles. The first-order valence-corrected chi connectivity index (χ1v) is 14.3. The van der Waals surface area contributed by atoms with Crippen molar-refractivity contribution in [3.05, 3.63) is 124 Å². The maximum atomic E-state index is 12.8. The molecule has 2 N–H and O–H groups in total. The molecule has 1 atom stereocenters. The molecule has 7 heteroatoms. The molecule has 0 aromatic heterocycles. The molecule has 0 radical (unpaired) electrons. The van der Waals surface area contributed by atoms with Gasteiger partial charge < -0.3 is 20.1 Å². The van der Waals surface area contributed by atoms with Crippen molar-refractivity contribution in [1.29, 1.82) is 0 Å². The number of carbonyl (C=O) groups excluding carboxylic acids is 1. The van der Waals surface area contributed by atoms with Crippen LogP contribution in [0.1, 0.15) is 47.6 Å². The Morgan fingerprint density at radius 2 is 1.63 bits per heavy atom. The number of fused-ring (bicyclic) bond motifs is 1. The lowest BCUT2D eigenvalue weighted by atomic mass is 9.98. The zero-order valence-electron chi connectivity index (χ0n) is 23.0. The number of anilines is 2. The van der Waals surface area contributed by atoms with Crippen LogP contribution in [0.3, 0.4) is 0 Å². The summed E-state index contributed by atoms with van der Waals surface area (Å²) in [6.45, 7) is 0.816. The van der Waals surface area contributed by atoms with E-state index in [0.717, 1.165) is 48.2 Å². The second kappa shape index (κ2) is 14.9. The topological polar surface area (TPSA) is 61.8 Å². The van der Waals surface area contributed by atoms with Gasteiger partial charge in [0, 0.05) is 23.8 Å². The highest BCUT2D eigenvalue weighted by atomic mass is 35.5. The molecule has 0 unspecified atom stereocenters. The van der Waals surface area contributed by atoms with Crippen LogP contribution in [0.5, 0.6) is 5.75 Å². The molecule has 0 saturated carbocycles. The second-order valence-corrected chi connectivity index (χ2v) is 10.7. The Labute approximate surface area is 253 Å². The molecular formula is C34H36Cl2N2O3. The number of hydrogen-bond donors (Lipinski definition) is 2. The van der Waals surface area contributed by atoms with Crippen LogP contribution in [0, 0.1) is 0 Å². The third-order valence-electron chi connectivity index (χ3n) is 7.29. The average Bonchev–Trinajstić information content (AvgIpc) is 3.22. The fraction of sp³-hybridized carbons (Fsp3) is 0.265. The minimum atomic E-state index is -0.765. The number of aryl methyl sites for hydroxylation is 1. The molecule has 41 heavy (non-hydrogen) atoms. The van der Waals surface area contributed by atoms with Gasteiger partial charge in [-0.15, -0.1) is 12.4 Å². The number of amides is 1. The van der Waals surface area contributed by atoms with Gasteiger partial charge in [-0.1, -0.05) is 84.8 Å². The van der Waals surface area contributed by atoms with E-state index in [9.17, 15) is 9.90 Å². The van der Waals surface area contributed by atoms with Crippen LogP contribution >= 0.6 is 24.0 Å². The normalized spacial score (nSPS) is 13.2. The number of carbonyl (C=O) groups is 1. The molecule has 5 rings (SSSR count). The van der Waals surface area contributed by atoms with Gasteiger partial charge in [0.2, 0.25) is 0 Å². The molecule has 4 aromatic rings. The van der Waals surface area contributed by atoms with Gasteiger partial charge >= 0.3 is 0 Å². The molecular weight excluding hydrogens is 555 g/mol. The second-order valence-electron chi connectivity index (χ2n) is 10.3. The molecule has 5 nitrogen and oxygen atoms in total. The van der Waals surface area contributed by atoms with Gasteiger partial charge in [-0.25, -0.2) is 0 Å². The van der Waals surface area contributed by atoms with Gasteiger partial charge in [0.15, 0.2) is 6.61 Å². The van der Waals surface area contributed by atoms with E-state index >= 15 is 0 Å². The molecule has 4 aromatic carbocycles. The molecule has 1 aliphatic rings. The number of nitrogens with one attached hydrogen (secondary N) is 1. The fourth-order valence-electron chi connectivity index (χ4n) is 5.36. The highest BCUT2D eigenvalue weighted by molar-refractivity contribution is 6.30. The van der Waals surface area contributed by atoms with Gasteiger partial charge in [0.25, 0.3) is 5.91 Å². The third-order valence-corrected chi connectivity index (χ3v) is 7.53. The Morgan fingerprint density at radius 1 is 0.902 bits per heavy atom. The number of para-hydroxylation sites is 1. The summed E-state index contributed by atoms with van der Waals surface area (Å²) in [4.78, 5) is 15.0. The summed E-state index contributed by atoms with van der Waals surface area (Å²) in [5.41, 5.74) is 6.12. The van der Waals surface area contributed by atoms with Crippen molar-refractivity contribution >= 4 is 41.3 Å². The quantitative estimate of drug-likeness (QED) is 0.185. The van der Waals surface area contributed by atoms with Crippen molar-refractivity contribution in [1.82, 2.24) is 0 Å². The minimum Gasteiger partial charge on any atom is -0.482 e. The highest BCUT2D eigenvalue weighted by Crippen LogP contribution is 2.39. The van der Waals surface area contributed by atoms with Crippen LogP contribution in [0.4, 0.5) is 11.4 Å². The predicted octanol–water partition coefficient (Wildman–Crippen LogP) is 7.79. The lowest BCUT2D eigenvalue weighted by Gasteiger charge is -2.32. The highest BCUT2D eigenvalue weighted by Gasteiger charge is 2.25. The van der Waals surface area contributed by atoms with E-state index in [1.807, 2.05) is 78.9 Å². The van der Waals surface area contributed by atoms with Crippen LogP contribution in [-0.4, -0.2) is 24.2 Å². The average molecular weight is 592 g/mol. The van der Waals surface area contributed by atoms with Crippen molar-refractivity contribution in [2.45, 2.75) is 44.8 Å². The molecule has 0 fully saturated rings. The molecule has 0 aliphatic heterocycles. The van der Waals surface area contributed by atoms with Crippen molar-refractivity contribution < 1.29 is 14.6 Å². The Morgan fingerprint density at radius 3 is 2.39 bits per heavy atom. The lowest BCUT2D eigenvalue weighted by molar-refractivity contribution is -0.118. The lowest BCUT2D eigenvalue weighted by Crippen LogP contribution is -2.30. The molecule has 0 spiro atoms. The molecule has 1 aliphatic carbocycles. The maximum absolute atomic E-state index is 12.8. The van der Waals surface area contributed by atoms with E-state index in [1.54, 1.807) is 0 Å². The van der Waals surface area contributed by atoms with Gasteiger partial charge in [-0.2, -0.15) is 0 Å². The zero-order chi connectivity index (χ0) is 27.7. The van der Waals surface area contributed by atoms with Gasteiger partial charge in [0.05, 0.1) is 11.8 Å². The summed E-state index contributed by atoms with van der Waals surface area (Å²) >= 11 is 6.26. The summed E-state index contributed by atoms with van der Waals surface area (Å²) < 4.78 is 6.25. The largest absolute Gasteiger partial charge is 0.482 e.